The molecule has 0 spiro atoms. The number of likely N-dealkylation sites (N-methyl/N-ethyl adjacent to an activating group) is 1. The van der Waals surface area contributed by atoms with Crippen LogP contribution in [0.5, 0.6) is 5.75 Å². The average Bonchev–Trinajstić information content (AvgIpc) is 2.93. The van der Waals surface area contributed by atoms with Gasteiger partial charge in [0, 0.05) is 18.1 Å². The maximum absolute atomic E-state index is 14.0. The Balaban J connectivity index is 2.06. The van der Waals surface area contributed by atoms with Crippen molar-refractivity contribution in [2.75, 3.05) is 24.5 Å². The van der Waals surface area contributed by atoms with Crippen molar-refractivity contribution in [2.24, 2.45) is 0 Å². The van der Waals surface area contributed by atoms with E-state index in [0.29, 0.717) is 35.0 Å². The zero-order chi connectivity index (χ0) is 28.6. The minimum Gasteiger partial charge on any atom is -0.497 e. The number of sulfonamides is 1. The number of halogens is 1. The fourth-order valence-corrected chi connectivity index (χ4v) is 5.75. The second kappa shape index (κ2) is 13.5. The van der Waals surface area contributed by atoms with Gasteiger partial charge >= 0.3 is 0 Å². The maximum Gasteiger partial charge on any atom is 0.264 e. The number of benzene rings is 3. The van der Waals surface area contributed by atoms with Gasteiger partial charge < -0.3 is 15.0 Å². The molecule has 1 atom stereocenters. The SMILES string of the molecule is CCNC(=O)[C@H](CC)N(Cc1ccccc1Cl)C(=O)CN(c1ccc(C)cc1)S(=O)(=O)c1ccc(OC)cc1. The Morgan fingerprint density at radius 1 is 0.974 bits per heavy atom. The van der Waals surface area contributed by atoms with Crippen LogP contribution in [0.3, 0.4) is 0 Å². The summed E-state index contributed by atoms with van der Waals surface area (Å²) in [7, 11) is -2.67. The standard InChI is InChI=1S/C29H34ClN3O5S/c1-5-27(29(35)31-6-2)32(19-22-9-7-8-10-26(22)30)28(34)20-33(23-13-11-21(3)12-14-23)39(36,37)25-17-15-24(38-4)16-18-25/h7-18,27H,5-6,19-20H2,1-4H3,(H,31,35)/t27-/m0/s1. The third kappa shape index (κ3) is 7.30. The van der Waals surface area contributed by atoms with Gasteiger partial charge in [-0.05, 0) is 68.3 Å². The van der Waals surface area contributed by atoms with Crippen molar-refractivity contribution in [1.29, 1.82) is 0 Å². The summed E-state index contributed by atoms with van der Waals surface area (Å²) >= 11 is 6.40. The molecule has 0 bridgehead atoms. The van der Waals surface area contributed by atoms with E-state index in [1.54, 1.807) is 74.5 Å². The minimum absolute atomic E-state index is 0.00472. The molecule has 0 aliphatic carbocycles. The Labute approximate surface area is 235 Å². The Kier molecular flexibility index (Phi) is 10.4. The lowest BCUT2D eigenvalue weighted by molar-refractivity contribution is -0.140. The van der Waals surface area contributed by atoms with E-state index in [4.69, 9.17) is 16.3 Å². The number of nitrogens with zero attached hydrogens (tertiary/aromatic N) is 2. The van der Waals surface area contributed by atoms with E-state index in [2.05, 4.69) is 5.32 Å². The molecule has 0 heterocycles. The van der Waals surface area contributed by atoms with E-state index >= 15 is 0 Å². The zero-order valence-corrected chi connectivity index (χ0v) is 24.1. The number of ether oxygens (including phenoxy) is 1. The van der Waals surface area contributed by atoms with E-state index in [9.17, 15) is 18.0 Å². The topological polar surface area (TPSA) is 96.0 Å². The summed E-state index contributed by atoms with van der Waals surface area (Å²) in [6.45, 7) is 5.41. The third-order valence-electron chi connectivity index (χ3n) is 6.28. The number of nitrogens with one attached hydrogen (secondary N) is 1. The molecule has 0 saturated heterocycles. The highest BCUT2D eigenvalue weighted by molar-refractivity contribution is 7.92. The van der Waals surface area contributed by atoms with Crippen LogP contribution in [0, 0.1) is 6.92 Å². The highest BCUT2D eigenvalue weighted by Gasteiger charge is 2.33. The molecule has 3 aromatic rings. The summed E-state index contributed by atoms with van der Waals surface area (Å²) in [6.07, 6.45) is 0.331. The summed E-state index contributed by atoms with van der Waals surface area (Å²) in [5, 5.41) is 3.23. The molecule has 3 aromatic carbocycles. The van der Waals surface area contributed by atoms with Gasteiger partial charge in [-0.1, -0.05) is 54.4 Å². The van der Waals surface area contributed by atoms with Crippen molar-refractivity contribution in [3.8, 4) is 5.75 Å². The molecule has 208 valence electrons. The number of amides is 2. The first-order chi connectivity index (χ1) is 18.6. The molecule has 0 aromatic heterocycles. The van der Waals surface area contributed by atoms with Crippen molar-refractivity contribution in [3.63, 3.8) is 0 Å². The van der Waals surface area contributed by atoms with Crippen molar-refractivity contribution < 1.29 is 22.7 Å². The summed E-state index contributed by atoms with van der Waals surface area (Å²) in [4.78, 5) is 28.4. The highest BCUT2D eigenvalue weighted by atomic mass is 35.5. The maximum atomic E-state index is 14.0. The van der Waals surface area contributed by atoms with Crippen LogP contribution in [0.25, 0.3) is 0 Å². The van der Waals surface area contributed by atoms with Gasteiger partial charge in [0.2, 0.25) is 11.8 Å². The van der Waals surface area contributed by atoms with Crippen LogP contribution in [-0.2, 0) is 26.2 Å². The smallest absolute Gasteiger partial charge is 0.264 e. The number of carbonyl (C=O) groups excluding carboxylic acids is 2. The van der Waals surface area contributed by atoms with Crippen molar-refractivity contribution >= 4 is 39.1 Å². The predicted octanol–water partition coefficient (Wildman–Crippen LogP) is 4.80. The molecule has 0 radical (unpaired) electrons. The second-order valence-electron chi connectivity index (χ2n) is 8.95. The van der Waals surface area contributed by atoms with Crippen molar-refractivity contribution in [1.82, 2.24) is 10.2 Å². The molecular formula is C29H34ClN3O5S. The number of methoxy groups -OCH3 is 1. The van der Waals surface area contributed by atoms with E-state index < -0.39 is 28.5 Å². The number of aryl methyl sites for hydroxylation is 1. The van der Waals surface area contributed by atoms with Crippen LogP contribution in [0.4, 0.5) is 5.69 Å². The van der Waals surface area contributed by atoms with Crippen LogP contribution < -0.4 is 14.4 Å². The van der Waals surface area contributed by atoms with Gasteiger partial charge in [0.15, 0.2) is 0 Å². The highest BCUT2D eigenvalue weighted by Crippen LogP contribution is 2.27. The summed E-state index contributed by atoms with van der Waals surface area (Å²) in [5.41, 5.74) is 1.91. The van der Waals surface area contributed by atoms with Crippen LogP contribution in [-0.4, -0.2) is 51.4 Å². The number of anilines is 1. The molecule has 10 heteroatoms. The Morgan fingerprint density at radius 2 is 1.62 bits per heavy atom. The van der Waals surface area contributed by atoms with Crippen LogP contribution in [0.1, 0.15) is 31.4 Å². The molecule has 0 aliphatic heterocycles. The Morgan fingerprint density at radius 3 is 2.18 bits per heavy atom. The summed E-state index contributed by atoms with van der Waals surface area (Å²) < 4.78 is 34.0. The summed E-state index contributed by atoms with van der Waals surface area (Å²) in [5.74, 6) is -0.350. The lowest BCUT2D eigenvalue weighted by Crippen LogP contribution is -2.52. The summed E-state index contributed by atoms with van der Waals surface area (Å²) in [6, 6.07) is 19.1. The first-order valence-electron chi connectivity index (χ1n) is 12.7. The van der Waals surface area contributed by atoms with Gasteiger partial charge in [-0.15, -0.1) is 0 Å². The molecular weight excluding hydrogens is 538 g/mol. The number of hydrogen-bond donors (Lipinski definition) is 1. The number of hydrogen-bond acceptors (Lipinski definition) is 5. The molecule has 0 fully saturated rings. The average molecular weight is 572 g/mol. The number of carbonyl (C=O) groups is 2. The second-order valence-corrected chi connectivity index (χ2v) is 11.2. The van der Waals surface area contributed by atoms with Gasteiger partial charge in [0.05, 0.1) is 17.7 Å². The fraction of sp³-hybridized carbons (Fsp3) is 0.310. The molecule has 2 amide bonds. The first-order valence-corrected chi connectivity index (χ1v) is 14.5. The quantitative estimate of drug-likeness (QED) is 0.337. The van der Waals surface area contributed by atoms with E-state index in [1.807, 2.05) is 6.92 Å². The van der Waals surface area contributed by atoms with Crippen molar-refractivity contribution in [2.45, 2.75) is 44.7 Å². The molecule has 39 heavy (non-hydrogen) atoms. The molecule has 1 N–H and O–H groups in total. The first kappa shape index (κ1) is 30.0. The normalized spacial score (nSPS) is 11.9. The van der Waals surface area contributed by atoms with Crippen molar-refractivity contribution in [3.05, 3.63) is 88.9 Å². The third-order valence-corrected chi connectivity index (χ3v) is 8.44. The van der Waals surface area contributed by atoms with E-state index in [0.717, 1.165) is 9.87 Å². The van der Waals surface area contributed by atoms with Gasteiger partial charge in [0.1, 0.15) is 18.3 Å². The van der Waals surface area contributed by atoms with Gasteiger partial charge in [-0.25, -0.2) is 8.42 Å². The predicted molar refractivity (Wildman–Crippen MR) is 153 cm³/mol. The molecule has 0 unspecified atom stereocenters. The number of rotatable bonds is 12. The van der Waals surface area contributed by atoms with E-state index in [-0.39, 0.29) is 17.3 Å². The Bertz CT molecular complexity index is 1380. The minimum atomic E-state index is -4.16. The molecule has 3 rings (SSSR count). The van der Waals surface area contributed by atoms with Crippen LogP contribution in [0.2, 0.25) is 5.02 Å². The van der Waals surface area contributed by atoms with Gasteiger partial charge in [0.25, 0.3) is 10.0 Å². The molecule has 0 aliphatic rings. The lowest BCUT2D eigenvalue weighted by atomic mass is 10.1. The zero-order valence-electron chi connectivity index (χ0n) is 22.6. The fourth-order valence-electron chi connectivity index (χ4n) is 4.14. The Hall–Kier alpha value is -3.56. The molecule has 0 saturated carbocycles. The largest absolute Gasteiger partial charge is 0.497 e. The van der Waals surface area contributed by atoms with Gasteiger partial charge in [-0.2, -0.15) is 0 Å². The van der Waals surface area contributed by atoms with Gasteiger partial charge in [-0.3, -0.25) is 13.9 Å². The lowest BCUT2D eigenvalue weighted by Gasteiger charge is -2.33. The van der Waals surface area contributed by atoms with Crippen LogP contribution >= 0.6 is 11.6 Å². The molecule has 8 nitrogen and oxygen atoms in total. The monoisotopic (exact) mass is 571 g/mol. The van der Waals surface area contributed by atoms with E-state index in [1.165, 1.54) is 24.1 Å². The van der Waals surface area contributed by atoms with Crippen LogP contribution in [0.15, 0.2) is 77.7 Å².